The molecule has 0 atom stereocenters. The summed E-state index contributed by atoms with van der Waals surface area (Å²) in [6.45, 7) is 0.241. The quantitative estimate of drug-likeness (QED) is 0.134. The third-order valence-corrected chi connectivity index (χ3v) is 6.99. The molecule has 8 heteroatoms. The van der Waals surface area contributed by atoms with Crippen LogP contribution in [0, 0.1) is 13.0 Å². The van der Waals surface area contributed by atoms with Crippen molar-refractivity contribution in [3.8, 4) is 5.75 Å². The van der Waals surface area contributed by atoms with Gasteiger partial charge in [-0.15, -0.1) is 0 Å². The van der Waals surface area contributed by atoms with Crippen molar-refractivity contribution in [3.63, 3.8) is 0 Å². The molecule has 1 amide bonds. The van der Waals surface area contributed by atoms with Crippen molar-refractivity contribution >= 4 is 57.3 Å². The van der Waals surface area contributed by atoms with E-state index in [1.54, 1.807) is 60.7 Å². The van der Waals surface area contributed by atoms with E-state index in [9.17, 15) is 14.3 Å². The Bertz CT molecular complexity index is 1320. The molecule has 0 fully saturated rings. The van der Waals surface area contributed by atoms with Crippen LogP contribution in [0.25, 0.3) is 0 Å². The van der Waals surface area contributed by atoms with Gasteiger partial charge >= 0.3 is 0 Å². The van der Waals surface area contributed by atoms with Crippen LogP contribution < -0.4 is 10.2 Å². The number of aliphatic hydroxyl groups is 1. The lowest BCUT2D eigenvalue weighted by molar-refractivity contribution is -0.136. The van der Waals surface area contributed by atoms with Gasteiger partial charge in [0.25, 0.3) is 5.91 Å². The van der Waals surface area contributed by atoms with Gasteiger partial charge in [0.05, 0.1) is 13.4 Å². The number of halogens is 3. The minimum absolute atomic E-state index is 0.241. The Labute approximate surface area is 235 Å². The first kappa shape index (κ1) is 26.2. The summed E-state index contributed by atoms with van der Waals surface area (Å²) in [6, 6.07) is 27.5. The maximum absolute atomic E-state index is 13.4. The first-order valence-electron chi connectivity index (χ1n) is 10.9. The van der Waals surface area contributed by atoms with Gasteiger partial charge in [-0.25, -0.2) is 9.82 Å². The van der Waals surface area contributed by atoms with E-state index in [0.29, 0.717) is 16.9 Å². The highest BCUT2D eigenvalue weighted by atomic mass is 127. The maximum Gasteiger partial charge on any atom is 0.281 e. The fourth-order valence-corrected chi connectivity index (χ4v) is 5.74. The van der Waals surface area contributed by atoms with Crippen molar-refractivity contribution in [3.05, 3.63) is 132 Å². The van der Waals surface area contributed by atoms with Gasteiger partial charge in [0, 0.05) is 0 Å². The smallest absolute Gasteiger partial charge is 0.281 e. The van der Waals surface area contributed by atoms with Crippen LogP contribution in [0.3, 0.4) is 0 Å². The molecule has 36 heavy (non-hydrogen) atoms. The van der Waals surface area contributed by atoms with Gasteiger partial charge in [-0.1, -0.05) is 72.8 Å². The largest absolute Gasteiger partial charge is 0.487 e. The fourth-order valence-electron chi connectivity index (χ4n) is 3.61. The number of hydrogen-bond acceptors (Lipinski definition) is 4. The number of carbonyl (C=O) groups excluding carboxylic acids is 1. The van der Waals surface area contributed by atoms with Gasteiger partial charge in [0.15, 0.2) is 5.60 Å². The number of carbonyl (C=O) groups is 1. The van der Waals surface area contributed by atoms with Crippen molar-refractivity contribution < 1.29 is 19.0 Å². The van der Waals surface area contributed by atoms with Gasteiger partial charge in [-0.3, -0.25) is 4.79 Å². The van der Waals surface area contributed by atoms with E-state index in [2.05, 4.69) is 55.7 Å². The Morgan fingerprint density at radius 1 is 0.917 bits per heavy atom. The number of hydrazone groups is 1. The highest BCUT2D eigenvalue weighted by molar-refractivity contribution is 14.1. The van der Waals surface area contributed by atoms with Crippen LogP contribution in [0.2, 0.25) is 0 Å². The lowest BCUT2D eigenvalue weighted by atomic mass is 9.85. The minimum Gasteiger partial charge on any atom is -0.487 e. The van der Waals surface area contributed by atoms with Crippen molar-refractivity contribution in [2.45, 2.75) is 12.2 Å². The van der Waals surface area contributed by atoms with E-state index in [0.717, 1.165) is 18.3 Å². The first-order valence-corrected chi connectivity index (χ1v) is 13.1. The molecule has 182 valence electrons. The Morgan fingerprint density at radius 3 is 2.06 bits per heavy atom. The molecule has 0 aliphatic heterocycles. The van der Waals surface area contributed by atoms with Gasteiger partial charge in [-0.05, 0) is 91.7 Å². The summed E-state index contributed by atoms with van der Waals surface area (Å²) in [4.78, 5) is 13.2. The Morgan fingerprint density at radius 2 is 1.50 bits per heavy atom. The minimum atomic E-state index is -1.91. The third kappa shape index (κ3) is 6.11. The number of amides is 1. The topological polar surface area (TPSA) is 70.9 Å². The molecule has 5 nitrogen and oxygen atoms in total. The van der Waals surface area contributed by atoms with E-state index in [-0.39, 0.29) is 12.4 Å². The molecule has 0 aliphatic rings. The second kappa shape index (κ2) is 11.9. The molecule has 0 saturated heterocycles. The zero-order valence-corrected chi connectivity index (χ0v) is 23.2. The molecule has 4 aromatic rings. The Balaban J connectivity index is 1.49. The molecular weight excluding hydrogens is 685 g/mol. The van der Waals surface area contributed by atoms with Crippen molar-refractivity contribution in [1.29, 1.82) is 0 Å². The zero-order valence-electron chi connectivity index (χ0n) is 18.9. The molecule has 0 radical (unpaired) electrons. The van der Waals surface area contributed by atoms with Crippen LogP contribution in [0.15, 0.2) is 102 Å². The average Bonchev–Trinajstić information content (AvgIpc) is 2.88. The highest BCUT2D eigenvalue weighted by Crippen LogP contribution is 2.31. The normalized spacial score (nSPS) is 11.4. The second-order valence-electron chi connectivity index (χ2n) is 7.87. The summed E-state index contributed by atoms with van der Waals surface area (Å²) in [7, 11) is 0. The fraction of sp³-hybridized carbons (Fsp3) is 0.0714. The van der Waals surface area contributed by atoms with Crippen LogP contribution in [0.5, 0.6) is 5.75 Å². The standard InChI is InChI=1S/C28H21FI2N2O3/c29-23-13-7-8-19(14-23)18-36-26-24(30)15-20(16-25(26)31)17-32-33-27(34)28(35,21-9-3-1-4-10-21)22-11-5-2-6-12-22/h1-17,35H,18H2,(H,33,34)/b32-17+. The van der Waals surface area contributed by atoms with E-state index in [1.165, 1.54) is 18.3 Å². The maximum atomic E-state index is 13.4. The molecular formula is C28H21FI2N2O3. The molecule has 0 spiro atoms. The van der Waals surface area contributed by atoms with Gasteiger partial charge in [0.1, 0.15) is 18.2 Å². The lowest BCUT2D eigenvalue weighted by Crippen LogP contribution is -2.43. The Hall–Kier alpha value is -2.83. The van der Waals surface area contributed by atoms with E-state index in [4.69, 9.17) is 4.74 Å². The van der Waals surface area contributed by atoms with E-state index < -0.39 is 11.5 Å². The third-order valence-electron chi connectivity index (χ3n) is 5.38. The van der Waals surface area contributed by atoms with Crippen molar-refractivity contribution in [1.82, 2.24) is 5.43 Å². The molecule has 0 aromatic heterocycles. The van der Waals surface area contributed by atoms with E-state index in [1.807, 2.05) is 24.3 Å². The molecule has 0 bridgehead atoms. The molecule has 0 aliphatic carbocycles. The van der Waals surface area contributed by atoms with Crippen LogP contribution in [0.4, 0.5) is 4.39 Å². The first-order chi connectivity index (χ1) is 17.4. The molecule has 4 aromatic carbocycles. The average molecular weight is 706 g/mol. The number of nitrogens with zero attached hydrogens (tertiary/aromatic N) is 1. The predicted octanol–water partition coefficient (Wildman–Crippen LogP) is 6.00. The summed E-state index contributed by atoms with van der Waals surface area (Å²) >= 11 is 4.32. The van der Waals surface area contributed by atoms with Crippen LogP contribution in [0.1, 0.15) is 22.3 Å². The summed E-state index contributed by atoms with van der Waals surface area (Å²) in [5.41, 5.74) is 2.93. The molecule has 0 unspecified atom stereocenters. The van der Waals surface area contributed by atoms with Gasteiger partial charge in [-0.2, -0.15) is 5.10 Å². The molecule has 0 saturated carbocycles. The summed E-state index contributed by atoms with van der Waals surface area (Å²) < 4.78 is 21.0. The van der Waals surface area contributed by atoms with Crippen LogP contribution in [-0.4, -0.2) is 17.2 Å². The SMILES string of the molecule is O=C(N/N=C/c1cc(I)c(OCc2cccc(F)c2)c(I)c1)C(O)(c1ccccc1)c1ccccc1. The lowest BCUT2D eigenvalue weighted by Gasteiger charge is -2.27. The monoisotopic (exact) mass is 706 g/mol. The van der Waals surface area contributed by atoms with Crippen molar-refractivity contribution in [2.75, 3.05) is 0 Å². The predicted molar refractivity (Wildman–Crippen MR) is 154 cm³/mol. The number of rotatable bonds is 8. The zero-order chi connectivity index (χ0) is 25.5. The van der Waals surface area contributed by atoms with Crippen LogP contribution in [-0.2, 0) is 17.0 Å². The number of hydrogen-bond donors (Lipinski definition) is 2. The second-order valence-corrected chi connectivity index (χ2v) is 10.2. The van der Waals surface area contributed by atoms with Gasteiger partial charge < -0.3 is 9.84 Å². The molecule has 2 N–H and O–H groups in total. The summed E-state index contributed by atoms with van der Waals surface area (Å²) in [5.74, 6) is -0.291. The molecule has 4 rings (SSSR count). The molecule has 0 heterocycles. The number of nitrogens with one attached hydrogen (secondary N) is 1. The number of benzene rings is 4. The number of ether oxygens (including phenoxy) is 1. The summed E-state index contributed by atoms with van der Waals surface area (Å²) in [5, 5.41) is 15.6. The van der Waals surface area contributed by atoms with E-state index >= 15 is 0 Å². The van der Waals surface area contributed by atoms with Gasteiger partial charge in [0.2, 0.25) is 0 Å². The van der Waals surface area contributed by atoms with Crippen molar-refractivity contribution in [2.24, 2.45) is 5.10 Å². The van der Waals surface area contributed by atoms with Crippen LogP contribution >= 0.6 is 45.2 Å². The summed E-state index contributed by atoms with van der Waals surface area (Å²) in [6.07, 6.45) is 1.51. The Kier molecular flexibility index (Phi) is 8.70. The highest BCUT2D eigenvalue weighted by Gasteiger charge is 2.39.